The smallest absolute Gasteiger partial charge is 0.256 e. The van der Waals surface area contributed by atoms with Gasteiger partial charge in [0.15, 0.2) is 0 Å². The van der Waals surface area contributed by atoms with Crippen molar-refractivity contribution >= 4 is 23.4 Å². The van der Waals surface area contributed by atoms with E-state index in [0.29, 0.717) is 29.4 Å². The molecule has 1 aliphatic heterocycles. The van der Waals surface area contributed by atoms with E-state index in [1.54, 1.807) is 31.1 Å². The van der Waals surface area contributed by atoms with Gasteiger partial charge in [-0.15, -0.1) is 0 Å². The van der Waals surface area contributed by atoms with Crippen LogP contribution in [0.1, 0.15) is 16.1 Å². The fourth-order valence-electron chi connectivity index (χ4n) is 1.83. The van der Waals surface area contributed by atoms with Crippen LogP contribution in [0.2, 0.25) is 5.15 Å². The molecule has 1 aromatic heterocycles. The summed E-state index contributed by atoms with van der Waals surface area (Å²) in [5.41, 5.74) is 1.25. The molecule has 1 aromatic rings. The number of likely N-dealkylation sites (N-methyl/N-ethyl adjacent to an activating group) is 1. The van der Waals surface area contributed by atoms with Crippen LogP contribution in [0.25, 0.3) is 0 Å². The molecule has 0 radical (unpaired) electrons. The Kier molecular flexibility index (Phi) is 3.52. The third-order valence-electron chi connectivity index (χ3n) is 2.90. The third-order valence-corrected chi connectivity index (χ3v) is 3.11. The average molecular weight is 268 g/mol. The normalized spacial score (nSPS) is 14.4. The zero-order valence-corrected chi connectivity index (χ0v) is 11.1. The van der Waals surface area contributed by atoms with E-state index < -0.39 is 0 Å². The second-order valence-electron chi connectivity index (χ2n) is 4.39. The standard InChI is InChI=1S/C12H14ClN3O2/c1-15(2)11(17)7-16-6-5-9-8(12(16)18)3-4-10(13)14-9/h3-4H,5-7H2,1-2H3. The molecule has 0 N–H and O–H groups in total. The first-order valence-electron chi connectivity index (χ1n) is 5.64. The number of carbonyl (C=O) groups excluding carboxylic acids is 2. The van der Waals surface area contributed by atoms with E-state index in [2.05, 4.69) is 4.98 Å². The third kappa shape index (κ3) is 2.46. The van der Waals surface area contributed by atoms with Gasteiger partial charge in [0.1, 0.15) is 11.7 Å². The van der Waals surface area contributed by atoms with Crippen molar-refractivity contribution in [2.24, 2.45) is 0 Å². The molecule has 6 heteroatoms. The maximum atomic E-state index is 12.2. The van der Waals surface area contributed by atoms with E-state index in [4.69, 9.17) is 11.6 Å². The van der Waals surface area contributed by atoms with E-state index in [1.807, 2.05) is 0 Å². The lowest BCUT2D eigenvalue weighted by molar-refractivity contribution is -0.129. The molecule has 2 heterocycles. The quantitative estimate of drug-likeness (QED) is 0.746. The average Bonchev–Trinajstić information content (AvgIpc) is 2.32. The highest BCUT2D eigenvalue weighted by molar-refractivity contribution is 6.29. The predicted octanol–water partition coefficient (Wildman–Crippen LogP) is 0.821. The molecule has 0 aliphatic carbocycles. The monoisotopic (exact) mass is 267 g/mol. The number of halogens is 1. The summed E-state index contributed by atoms with van der Waals surface area (Å²) in [6.07, 6.45) is 0.627. The van der Waals surface area contributed by atoms with E-state index in [1.165, 1.54) is 4.90 Å². The van der Waals surface area contributed by atoms with Crippen LogP contribution in [0.5, 0.6) is 0 Å². The first-order valence-corrected chi connectivity index (χ1v) is 6.01. The van der Waals surface area contributed by atoms with Gasteiger partial charge in [-0.3, -0.25) is 9.59 Å². The highest BCUT2D eigenvalue weighted by Crippen LogP contribution is 2.19. The molecule has 2 rings (SSSR count). The summed E-state index contributed by atoms with van der Waals surface area (Å²) in [7, 11) is 3.35. The highest BCUT2D eigenvalue weighted by Gasteiger charge is 2.27. The summed E-state index contributed by atoms with van der Waals surface area (Å²) in [4.78, 5) is 30.9. The maximum Gasteiger partial charge on any atom is 0.256 e. The van der Waals surface area contributed by atoms with Crippen molar-refractivity contribution < 1.29 is 9.59 Å². The Morgan fingerprint density at radius 3 is 2.89 bits per heavy atom. The molecule has 0 saturated carbocycles. The zero-order valence-electron chi connectivity index (χ0n) is 10.3. The molecule has 18 heavy (non-hydrogen) atoms. The van der Waals surface area contributed by atoms with E-state index in [9.17, 15) is 9.59 Å². The van der Waals surface area contributed by atoms with E-state index >= 15 is 0 Å². The fourth-order valence-corrected chi connectivity index (χ4v) is 1.99. The van der Waals surface area contributed by atoms with Crippen molar-refractivity contribution in [3.63, 3.8) is 0 Å². The van der Waals surface area contributed by atoms with Crippen LogP contribution in [-0.4, -0.2) is 53.8 Å². The van der Waals surface area contributed by atoms with Crippen LogP contribution < -0.4 is 0 Å². The molecule has 96 valence electrons. The predicted molar refractivity (Wildman–Crippen MR) is 67.5 cm³/mol. The van der Waals surface area contributed by atoms with Crippen LogP contribution >= 0.6 is 11.6 Å². The fraction of sp³-hybridized carbons (Fsp3) is 0.417. The number of hydrogen-bond acceptors (Lipinski definition) is 3. The number of fused-ring (bicyclic) bond motifs is 1. The molecule has 0 bridgehead atoms. The lowest BCUT2D eigenvalue weighted by Crippen LogP contribution is -2.44. The Balaban J connectivity index is 2.18. The molecule has 0 unspecified atom stereocenters. The van der Waals surface area contributed by atoms with Gasteiger partial charge in [0.2, 0.25) is 5.91 Å². The Morgan fingerprint density at radius 2 is 2.22 bits per heavy atom. The first kappa shape index (κ1) is 12.8. The highest BCUT2D eigenvalue weighted by atomic mass is 35.5. The molecule has 2 amide bonds. The molecule has 0 atom stereocenters. The minimum absolute atomic E-state index is 0.0891. The number of amides is 2. The molecule has 0 aromatic carbocycles. The Hall–Kier alpha value is -1.62. The van der Waals surface area contributed by atoms with E-state index in [-0.39, 0.29) is 18.4 Å². The number of pyridine rings is 1. The SMILES string of the molecule is CN(C)C(=O)CN1CCc2nc(Cl)ccc2C1=O. The molecular weight excluding hydrogens is 254 g/mol. The summed E-state index contributed by atoms with van der Waals surface area (Å²) in [5, 5.41) is 0.388. The van der Waals surface area contributed by atoms with Crippen LogP contribution in [0, 0.1) is 0 Å². The van der Waals surface area contributed by atoms with Crippen LogP contribution in [0.3, 0.4) is 0 Å². The summed E-state index contributed by atoms with van der Waals surface area (Å²) in [5.74, 6) is -0.246. The molecule has 1 aliphatic rings. The zero-order chi connectivity index (χ0) is 13.3. The van der Waals surface area contributed by atoms with E-state index in [0.717, 1.165) is 0 Å². The van der Waals surface area contributed by atoms with Gasteiger partial charge in [0, 0.05) is 27.1 Å². The molecule has 0 saturated heterocycles. The number of aromatic nitrogens is 1. The van der Waals surface area contributed by atoms with Gasteiger partial charge < -0.3 is 9.80 Å². The van der Waals surface area contributed by atoms with Gasteiger partial charge in [-0.2, -0.15) is 0 Å². The maximum absolute atomic E-state index is 12.2. The minimum Gasteiger partial charge on any atom is -0.347 e. The summed E-state index contributed by atoms with van der Waals surface area (Å²) in [6, 6.07) is 3.26. The minimum atomic E-state index is -0.157. The Morgan fingerprint density at radius 1 is 1.50 bits per heavy atom. The molecule has 5 nitrogen and oxygen atoms in total. The largest absolute Gasteiger partial charge is 0.347 e. The molecular formula is C12H14ClN3O2. The van der Waals surface area contributed by atoms with Gasteiger partial charge in [-0.05, 0) is 12.1 Å². The Labute approximate surface area is 110 Å². The molecule has 0 spiro atoms. The second kappa shape index (κ2) is 4.94. The lowest BCUT2D eigenvalue weighted by Gasteiger charge is -2.28. The van der Waals surface area contributed by atoms with Crippen LogP contribution in [0.4, 0.5) is 0 Å². The van der Waals surface area contributed by atoms with Gasteiger partial charge in [-0.25, -0.2) is 4.98 Å². The van der Waals surface area contributed by atoms with Crippen molar-refractivity contribution in [3.05, 3.63) is 28.5 Å². The number of nitrogens with zero attached hydrogens (tertiary/aromatic N) is 3. The first-order chi connectivity index (χ1) is 8.49. The topological polar surface area (TPSA) is 53.5 Å². The van der Waals surface area contributed by atoms with Crippen LogP contribution in [0.15, 0.2) is 12.1 Å². The van der Waals surface area contributed by atoms with Gasteiger partial charge in [0.25, 0.3) is 5.91 Å². The lowest BCUT2D eigenvalue weighted by atomic mass is 10.1. The number of rotatable bonds is 2. The van der Waals surface area contributed by atoms with Crippen LogP contribution in [-0.2, 0) is 11.2 Å². The summed E-state index contributed by atoms with van der Waals surface area (Å²) >= 11 is 5.79. The van der Waals surface area contributed by atoms with Crippen molar-refractivity contribution in [2.45, 2.75) is 6.42 Å². The van der Waals surface area contributed by atoms with Crippen molar-refractivity contribution in [2.75, 3.05) is 27.2 Å². The Bertz CT molecular complexity index is 502. The van der Waals surface area contributed by atoms with Gasteiger partial charge >= 0.3 is 0 Å². The summed E-state index contributed by atoms with van der Waals surface area (Å²) in [6.45, 7) is 0.604. The number of carbonyl (C=O) groups is 2. The van der Waals surface area contributed by atoms with Gasteiger partial charge in [0.05, 0.1) is 11.3 Å². The second-order valence-corrected chi connectivity index (χ2v) is 4.78. The van der Waals surface area contributed by atoms with Gasteiger partial charge in [-0.1, -0.05) is 11.6 Å². The van der Waals surface area contributed by atoms with Crippen molar-refractivity contribution in [1.82, 2.24) is 14.8 Å². The van der Waals surface area contributed by atoms with Crippen molar-refractivity contribution in [3.8, 4) is 0 Å². The summed E-state index contributed by atoms with van der Waals surface area (Å²) < 4.78 is 0. The van der Waals surface area contributed by atoms with Crippen molar-refractivity contribution in [1.29, 1.82) is 0 Å². The number of hydrogen-bond donors (Lipinski definition) is 0. The molecule has 0 fully saturated rings.